The van der Waals surface area contributed by atoms with E-state index in [1.165, 1.54) is 32.1 Å². The topological polar surface area (TPSA) is 120 Å². The molecule has 1 aliphatic heterocycles. The lowest BCUT2D eigenvalue weighted by Crippen LogP contribution is -2.33. The van der Waals surface area contributed by atoms with E-state index >= 15 is 0 Å². The van der Waals surface area contributed by atoms with Crippen LogP contribution >= 0.6 is 0 Å². The van der Waals surface area contributed by atoms with Gasteiger partial charge < -0.3 is 24.4 Å². The maximum absolute atomic E-state index is 11.7. The van der Waals surface area contributed by atoms with Crippen LogP contribution in [0, 0.1) is 5.92 Å². The average Bonchev–Trinajstić information content (AvgIpc) is 3.03. The van der Waals surface area contributed by atoms with Crippen LogP contribution in [0.25, 0.3) is 0 Å². The minimum absolute atomic E-state index is 0.00631. The summed E-state index contributed by atoms with van der Waals surface area (Å²) in [6, 6.07) is 0. The highest BCUT2D eigenvalue weighted by molar-refractivity contribution is 6.01. The molecule has 0 aromatic heterocycles. The molecule has 0 unspecified atom stereocenters. The van der Waals surface area contributed by atoms with E-state index in [1.54, 1.807) is 0 Å². The van der Waals surface area contributed by atoms with Gasteiger partial charge in [-0.1, -0.05) is 19.3 Å². The fraction of sp³-hybridized carbons (Fsp3) is 0.789. The monoisotopic (exact) mass is 414 g/mol. The predicted octanol–water partition coefficient (Wildman–Crippen LogP) is 0.340. The standard InChI is InChI=1S/C19H30N2O8/c22-16(20-12-15-4-2-1-3-5-15)13-27-10-8-26-9-11-28-14-19(25)29-21-17(23)6-7-18(21)24/h15H,1-14H2,(H,20,22). The molecule has 0 radical (unpaired) electrons. The number of hydroxylamine groups is 2. The summed E-state index contributed by atoms with van der Waals surface area (Å²) in [5, 5.41) is 3.38. The largest absolute Gasteiger partial charge is 0.377 e. The molecule has 2 rings (SSSR count). The lowest BCUT2D eigenvalue weighted by Gasteiger charge is -2.21. The summed E-state index contributed by atoms with van der Waals surface area (Å²) in [5.74, 6) is -1.42. The van der Waals surface area contributed by atoms with E-state index in [9.17, 15) is 19.2 Å². The average molecular weight is 414 g/mol. The van der Waals surface area contributed by atoms with Crippen molar-refractivity contribution >= 4 is 23.7 Å². The van der Waals surface area contributed by atoms with Gasteiger partial charge in [-0.05, 0) is 18.8 Å². The molecule has 2 aliphatic rings. The lowest BCUT2D eigenvalue weighted by atomic mass is 9.89. The molecule has 1 aliphatic carbocycles. The molecule has 0 bridgehead atoms. The van der Waals surface area contributed by atoms with Crippen molar-refractivity contribution in [2.45, 2.75) is 44.9 Å². The van der Waals surface area contributed by atoms with E-state index in [0.717, 1.165) is 6.54 Å². The molecular formula is C19H30N2O8. The quantitative estimate of drug-likeness (QED) is 0.338. The fourth-order valence-corrected chi connectivity index (χ4v) is 3.14. The van der Waals surface area contributed by atoms with E-state index in [2.05, 4.69) is 10.2 Å². The van der Waals surface area contributed by atoms with E-state index in [-0.39, 0.29) is 45.2 Å². The molecule has 0 aromatic carbocycles. The van der Waals surface area contributed by atoms with Crippen LogP contribution in [-0.4, -0.2) is 74.9 Å². The summed E-state index contributed by atoms with van der Waals surface area (Å²) >= 11 is 0. The van der Waals surface area contributed by atoms with Crippen molar-refractivity contribution in [3.8, 4) is 0 Å². The molecular weight excluding hydrogens is 384 g/mol. The SMILES string of the molecule is O=C(COCCOCCOCC(=O)ON1C(=O)CCC1=O)NCC1CCCCC1. The zero-order valence-electron chi connectivity index (χ0n) is 16.7. The Bertz CT molecular complexity index is 546. The van der Waals surface area contributed by atoms with Gasteiger partial charge in [-0.3, -0.25) is 14.4 Å². The Hall–Kier alpha value is -2.04. The fourth-order valence-electron chi connectivity index (χ4n) is 3.14. The lowest BCUT2D eigenvalue weighted by molar-refractivity contribution is -0.200. The summed E-state index contributed by atoms with van der Waals surface area (Å²) < 4.78 is 15.6. The van der Waals surface area contributed by atoms with Crippen molar-refractivity contribution < 1.29 is 38.2 Å². The molecule has 10 nitrogen and oxygen atoms in total. The van der Waals surface area contributed by atoms with Gasteiger partial charge in [-0.2, -0.15) is 0 Å². The van der Waals surface area contributed by atoms with Crippen LogP contribution in [0.2, 0.25) is 0 Å². The van der Waals surface area contributed by atoms with Crippen LogP contribution in [0.5, 0.6) is 0 Å². The number of carbonyl (C=O) groups is 4. The van der Waals surface area contributed by atoms with E-state index in [0.29, 0.717) is 17.6 Å². The van der Waals surface area contributed by atoms with Crippen molar-refractivity contribution in [2.75, 3.05) is 46.2 Å². The Morgan fingerprint density at radius 2 is 1.45 bits per heavy atom. The van der Waals surface area contributed by atoms with Crippen LogP contribution < -0.4 is 5.32 Å². The molecule has 29 heavy (non-hydrogen) atoms. The molecule has 164 valence electrons. The number of rotatable bonds is 13. The van der Waals surface area contributed by atoms with E-state index in [1.807, 2.05) is 0 Å². The normalized spacial score (nSPS) is 17.6. The van der Waals surface area contributed by atoms with Crippen LogP contribution in [0.1, 0.15) is 44.9 Å². The highest BCUT2D eigenvalue weighted by Crippen LogP contribution is 2.22. The number of ether oxygens (including phenoxy) is 3. The van der Waals surface area contributed by atoms with Crippen LogP contribution in [0.3, 0.4) is 0 Å². The van der Waals surface area contributed by atoms with Gasteiger partial charge in [-0.25, -0.2) is 4.79 Å². The number of nitrogens with one attached hydrogen (secondary N) is 1. The minimum atomic E-state index is -0.823. The summed E-state index contributed by atoms with van der Waals surface area (Å²) in [4.78, 5) is 50.4. The van der Waals surface area contributed by atoms with Gasteiger partial charge in [0.25, 0.3) is 11.8 Å². The van der Waals surface area contributed by atoms with E-state index in [4.69, 9.17) is 14.2 Å². The van der Waals surface area contributed by atoms with Crippen molar-refractivity contribution in [3.63, 3.8) is 0 Å². The third-order valence-electron chi connectivity index (χ3n) is 4.71. The third kappa shape index (κ3) is 9.33. The van der Waals surface area contributed by atoms with Gasteiger partial charge in [0, 0.05) is 19.4 Å². The highest BCUT2D eigenvalue weighted by atomic mass is 16.7. The van der Waals surface area contributed by atoms with Crippen molar-refractivity contribution in [1.82, 2.24) is 10.4 Å². The summed E-state index contributed by atoms with van der Waals surface area (Å²) in [7, 11) is 0. The minimum Gasteiger partial charge on any atom is -0.377 e. The Kier molecular flexibility index (Phi) is 10.6. The molecule has 2 fully saturated rings. The molecule has 1 saturated carbocycles. The smallest absolute Gasteiger partial charge is 0.358 e. The number of nitrogens with zero attached hydrogens (tertiary/aromatic N) is 1. The molecule has 1 saturated heterocycles. The first-order valence-electron chi connectivity index (χ1n) is 10.1. The van der Waals surface area contributed by atoms with Gasteiger partial charge in [0.2, 0.25) is 5.91 Å². The summed E-state index contributed by atoms with van der Waals surface area (Å²) in [5.41, 5.74) is 0. The second-order valence-electron chi connectivity index (χ2n) is 7.07. The third-order valence-corrected chi connectivity index (χ3v) is 4.71. The Labute approximate surface area is 170 Å². The van der Waals surface area contributed by atoms with Crippen LogP contribution in [0.4, 0.5) is 0 Å². The number of carbonyl (C=O) groups excluding carboxylic acids is 4. The van der Waals surface area contributed by atoms with Crippen molar-refractivity contribution in [3.05, 3.63) is 0 Å². The molecule has 0 aromatic rings. The number of imide groups is 1. The number of amides is 3. The van der Waals surface area contributed by atoms with Gasteiger partial charge in [0.15, 0.2) is 0 Å². The zero-order valence-corrected chi connectivity index (χ0v) is 16.7. The molecule has 0 atom stereocenters. The molecule has 10 heteroatoms. The zero-order chi connectivity index (χ0) is 20.9. The first-order valence-corrected chi connectivity index (χ1v) is 10.1. The van der Waals surface area contributed by atoms with Gasteiger partial charge >= 0.3 is 5.97 Å². The molecule has 0 spiro atoms. The van der Waals surface area contributed by atoms with Gasteiger partial charge in [-0.15, -0.1) is 5.06 Å². The highest BCUT2D eigenvalue weighted by Gasteiger charge is 2.32. The van der Waals surface area contributed by atoms with Gasteiger partial charge in [0.05, 0.1) is 26.4 Å². The molecule has 1 heterocycles. The number of hydrogen-bond donors (Lipinski definition) is 1. The molecule has 1 N–H and O–H groups in total. The first kappa shape index (κ1) is 23.2. The molecule has 3 amide bonds. The van der Waals surface area contributed by atoms with E-state index < -0.39 is 24.4 Å². The second-order valence-corrected chi connectivity index (χ2v) is 7.07. The van der Waals surface area contributed by atoms with Crippen LogP contribution in [0.15, 0.2) is 0 Å². The maximum Gasteiger partial charge on any atom is 0.358 e. The Morgan fingerprint density at radius 3 is 2.10 bits per heavy atom. The van der Waals surface area contributed by atoms with Crippen molar-refractivity contribution in [1.29, 1.82) is 0 Å². The van der Waals surface area contributed by atoms with Crippen molar-refractivity contribution in [2.24, 2.45) is 5.92 Å². The second kappa shape index (κ2) is 13.2. The first-order chi connectivity index (χ1) is 14.1. The Balaban J connectivity index is 1.36. The summed E-state index contributed by atoms with van der Waals surface area (Å²) in [6.45, 7) is 1.27. The summed E-state index contributed by atoms with van der Waals surface area (Å²) in [6.07, 6.45) is 6.25. The predicted molar refractivity (Wildman–Crippen MR) is 99.2 cm³/mol. The maximum atomic E-state index is 11.7. The number of hydrogen-bond acceptors (Lipinski definition) is 8. The Morgan fingerprint density at radius 1 is 0.862 bits per heavy atom. The van der Waals surface area contributed by atoms with Crippen LogP contribution in [-0.2, 0) is 38.2 Å². The van der Waals surface area contributed by atoms with Gasteiger partial charge in [0.1, 0.15) is 13.2 Å².